The molecule has 112 valence electrons. The lowest BCUT2D eigenvalue weighted by atomic mass is 10.1. The fourth-order valence-corrected chi connectivity index (χ4v) is 2.70. The lowest BCUT2D eigenvalue weighted by Gasteiger charge is -2.14. The van der Waals surface area contributed by atoms with Gasteiger partial charge in [-0.1, -0.05) is 15.9 Å². The van der Waals surface area contributed by atoms with E-state index in [9.17, 15) is 23.9 Å². The maximum Gasteiger partial charge on any atom is 0.262 e. The smallest absolute Gasteiger partial charge is 0.262 e. The number of benzene rings is 1. The first-order valence-corrected chi connectivity index (χ1v) is 6.70. The minimum absolute atomic E-state index is 0.180. The molecule has 2 heterocycles. The summed E-state index contributed by atoms with van der Waals surface area (Å²) in [6.07, 6.45) is 0. The molecule has 0 saturated heterocycles. The second-order valence-corrected chi connectivity index (χ2v) is 5.45. The van der Waals surface area contributed by atoms with Crippen molar-refractivity contribution in [3.63, 3.8) is 0 Å². The first-order valence-electron chi connectivity index (χ1n) is 5.91. The van der Waals surface area contributed by atoms with Gasteiger partial charge in [-0.15, -0.1) is 0 Å². The Morgan fingerprint density at radius 2 is 1.86 bits per heavy atom. The molecule has 1 aromatic carbocycles. The minimum atomic E-state index is -0.926. The first kappa shape index (κ1) is 14.3. The molecule has 0 aliphatic carbocycles. The van der Waals surface area contributed by atoms with Crippen LogP contribution in [0.3, 0.4) is 0 Å². The largest absolute Gasteiger partial charge is 0.506 e. The van der Waals surface area contributed by atoms with Crippen LogP contribution in [-0.4, -0.2) is 21.5 Å². The zero-order chi connectivity index (χ0) is 16.2. The van der Waals surface area contributed by atoms with Crippen molar-refractivity contribution in [3.05, 3.63) is 50.0 Å². The predicted molar refractivity (Wildman–Crippen MR) is 77.6 cm³/mol. The number of rotatable bonds is 1. The third-order valence-electron chi connectivity index (χ3n) is 3.18. The standard InChI is InChI=1S/C13H7BrFN3O4/c14-4-1-6(15)10(7(19)2-4)18-8(20)3-5-9(11(18)16)13(22)17-12(5)21/h1-3,19H,16H2,(H,17,21,22). The number of nitrogens with zero attached hydrogens (tertiary/aromatic N) is 1. The molecule has 0 bridgehead atoms. The Morgan fingerprint density at radius 1 is 1.18 bits per heavy atom. The van der Waals surface area contributed by atoms with E-state index in [0.717, 1.165) is 12.1 Å². The van der Waals surface area contributed by atoms with Crippen molar-refractivity contribution in [1.29, 1.82) is 0 Å². The maximum atomic E-state index is 14.1. The summed E-state index contributed by atoms with van der Waals surface area (Å²) < 4.78 is 15.0. The molecule has 1 aliphatic rings. The van der Waals surface area contributed by atoms with Gasteiger partial charge in [0.2, 0.25) is 0 Å². The van der Waals surface area contributed by atoms with E-state index in [-0.39, 0.29) is 15.6 Å². The molecule has 1 aromatic heterocycles. The molecule has 0 unspecified atom stereocenters. The first-order chi connectivity index (χ1) is 10.3. The molecule has 0 fully saturated rings. The van der Waals surface area contributed by atoms with Crippen molar-refractivity contribution in [3.8, 4) is 11.4 Å². The third kappa shape index (κ3) is 1.90. The number of aromatic nitrogens is 1. The summed E-state index contributed by atoms with van der Waals surface area (Å²) in [6, 6.07) is 3.06. The Hall–Kier alpha value is -2.68. The van der Waals surface area contributed by atoms with Crippen LogP contribution < -0.4 is 16.6 Å². The molecular formula is C13H7BrFN3O4. The van der Waals surface area contributed by atoms with E-state index >= 15 is 0 Å². The third-order valence-corrected chi connectivity index (χ3v) is 3.64. The number of hydrogen-bond acceptors (Lipinski definition) is 5. The number of carbonyl (C=O) groups excluding carboxylic acids is 2. The Balaban J connectivity index is 2.40. The normalized spacial score (nSPS) is 13.2. The summed E-state index contributed by atoms with van der Waals surface area (Å²) in [5.74, 6) is -3.45. The van der Waals surface area contributed by atoms with Crippen molar-refractivity contribution in [2.75, 3.05) is 5.73 Å². The van der Waals surface area contributed by atoms with Gasteiger partial charge in [-0.25, -0.2) is 4.39 Å². The number of amides is 2. The number of pyridine rings is 1. The van der Waals surface area contributed by atoms with E-state index in [1.54, 1.807) is 0 Å². The average Bonchev–Trinajstić information content (AvgIpc) is 2.67. The number of fused-ring (bicyclic) bond motifs is 1. The highest BCUT2D eigenvalue weighted by molar-refractivity contribution is 9.10. The Bertz CT molecular complexity index is 899. The summed E-state index contributed by atoms with van der Waals surface area (Å²) in [4.78, 5) is 35.4. The lowest BCUT2D eigenvalue weighted by Crippen LogP contribution is -2.25. The van der Waals surface area contributed by atoms with Crippen LogP contribution in [0, 0.1) is 5.82 Å². The van der Waals surface area contributed by atoms with E-state index < -0.39 is 40.4 Å². The van der Waals surface area contributed by atoms with Gasteiger partial charge in [0.25, 0.3) is 17.4 Å². The van der Waals surface area contributed by atoms with Crippen LogP contribution in [0.5, 0.6) is 5.75 Å². The highest BCUT2D eigenvalue weighted by atomic mass is 79.9. The van der Waals surface area contributed by atoms with E-state index in [2.05, 4.69) is 15.9 Å². The Morgan fingerprint density at radius 3 is 2.50 bits per heavy atom. The van der Waals surface area contributed by atoms with Crippen LogP contribution in [0.2, 0.25) is 0 Å². The van der Waals surface area contributed by atoms with Crippen molar-refractivity contribution >= 4 is 33.6 Å². The van der Waals surface area contributed by atoms with Crippen LogP contribution in [0.4, 0.5) is 10.2 Å². The number of hydrogen-bond donors (Lipinski definition) is 3. The molecule has 0 atom stereocenters. The summed E-state index contributed by atoms with van der Waals surface area (Å²) in [7, 11) is 0. The molecule has 2 amide bonds. The van der Waals surface area contributed by atoms with E-state index in [1.807, 2.05) is 5.32 Å². The van der Waals surface area contributed by atoms with E-state index in [1.165, 1.54) is 6.07 Å². The molecule has 22 heavy (non-hydrogen) atoms. The van der Waals surface area contributed by atoms with Gasteiger partial charge in [0.15, 0.2) is 5.82 Å². The molecular weight excluding hydrogens is 361 g/mol. The Labute approximate surface area is 130 Å². The number of nitrogens with one attached hydrogen (secondary N) is 1. The van der Waals surface area contributed by atoms with Crippen LogP contribution in [-0.2, 0) is 0 Å². The molecule has 0 radical (unpaired) electrons. The highest BCUT2D eigenvalue weighted by Gasteiger charge is 2.32. The van der Waals surface area contributed by atoms with Crippen LogP contribution >= 0.6 is 15.9 Å². The monoisotopic (exact) mass is 367 g/mol. The Kier molecular flexibility index (Phi) is 3.03. The van der Waals surface area contributed by atoms with Gasteiger partial charge in [-0.2, -0.15) is 0 Å². The molecule has 4 N–H and O–H groups in total. The van der Waals surface area contributed by atoms with Crippen molar-refractivity contribution in [2.24, 2.45) is 0 Å². The number of anilines is 1. The van der Waals surface area contributed by atoms with Crippen LogP contribution in [0.25, 0.3) is 5.69 Å². The highest BCUT2D eigenvalue weighted by Crippen LogP contribution is 2.31. The zero-order valence-electron chi connectivity index (χ0n) is 10.7. The molecule has 7 nitrogen and oxygen atoms in total. The second kappa shape index (κ2) is 4.67. The van der Waals surface area contributed by atoms with Gasteiger partial charge in [-0.05, 0) is 12.1 Å². The number of carbonyl (C=O) groups is 2. The van der Waals surface area contributed by atoms with E-state index in [0.29, 0.717) is 4.57 Å². The number of nitrogens with two attached hydrogens (primary N) is 1. The minimum Gasteiger partial charge on any atom is -0.506 e. The number of aromatic hydroxyl groups is 1. The number of phenolic OH excluding ortho intramolecular Hbond substituents is 1. The summed E-state index contributed by atoms with van der Waals surface area (Å²) >= 11 is 3.00. The summed E-state index contributed by atoms with van der Waals surface area (Å²) in [5.41, 5.74) is 4.00. The van der Waals surface area contributed by atoms with Gasteiger partial charge in [0.05, 0.1) is 11.1 Å². The topological polar surface area (TPSA) is 114 Å². The van der Waals surface area contributed by atoms with Gasteiger partial charge >= 0.3 is 0 Å². The van der Waals surface area contributed by atoms with Gasteiger partial charge in [-0.3, -0.25) is 24.3 Å². The van der Waals surface area contributed by atoms with Gasteiger partial charge in [0, 0.05) is 10.5 Å². The quantitative estimate of drug-likeness (QED) is 0.648. The van der Waals surface area contributed by atoms with Crippen LogP contribution in [0.1, 0.15) is 20.7 Å². The number of halogens is 2. The predicted octanol–water partition coefficient (Wildman–Crippen LogP) is 0.911. The molecule has 1 aliphatic heterocycles. The molecule has 9 heteroatoms. The number of phenols is 1. The van der Waals surface area contributed by atoms with E-state index in [4.69, 9.17) is 5.73 Å². The lowest BCUT2D eigenvalue weighted by molar-refractivity contribution is 0.0880. The number of imide groups is 1. The van der Waals surface area contributed by atoms with Crippen LogP contribution in [0.15, 0.2) is 27.5 Å². The fraction of sp³-hybridized carbons (Fsp3) is 0. The van der Waals surface area contributed by atoms with Gasteiger partial charge in [0.1, 0.15) is 17.3 Å². The summed E-state index contributed by atoms with van der Waals surface area (Å²) in [5, 5.41) is 11.9. The van der Waals surface area contributed by atoms with Crippen molar-refractivity contribution in [1.82, 2.24) is 9.88 Å². The summed E-state index contributed by atoms with van der Waals surface area (Å²) in [6.45, 7) is 0. The average molecular weight is 368 g/mol. The fourth-order valence-electron chi connectivity index (χ4n) is 2.28. The van der Waals surface area contributed by atoms with Crippen molar-refractivity contribution < 1.29 is 19.1 Å². The second-order valence-electron chi connectivity index (χ2n) is 4.53. The molecule has 3 rings (SSSR count). The van der Waals surface area contributed by atoms with Gasteiger partial charge < -0.3 is 10.8 Å². The molecule has 0 spiro atoms. The zero-order valence-corrected chi connectivity index (χ0v) is 12.3. The maximum absolute atomic E-state index is 14.1. The van der Waals surface area contributed by atoms with Crippen molar-refractivity contribution in [2.45, 2.75) is 0 Å². The molecule has 2 aromatic rings. The molecule has 0 saturated carbocycles. The SMILES string of the molecule is Nc1c2c(cc(=O)n1-c1c(O)cc(Br)cc1F)C(=O)NC2=O. The number of nitrogen functional groups attached to an aromatic ring is 1.